The first-order valence-corrected chi connectivity index (χ1v) is 11.0. The molecule has 2 unspecified atom stereocenters. The summed E-state index contributed by atoms with van der Waals surface area (Å²) in [7, 11) is 0. The summed E-state index contributed by atoms with van der Waals surface area (Å²) in [5.41, 5.74) is 1.17. The molecule has 1 saturated carbocycles. The fourth-order valence-corrected chi connectivity index (χ4v) is 4.02. The van der Waals surface area contributed by atoms with Gasteiger partial charge in [-0.3, -0.25) is 4.79 Å². The van der Waals surface area contributed by atoms with Crippen LogP contribution in [-0.4, -0.2) is 41.8 Å². The Morgan fingerprint density at radius 3 is 2.23 bits per heavy atom. The lowest BCUT2D eigenvalue weighted by atomic mass is 9.71. The average molecular weight is 420 g/mol. The van der Waals surface area contributed by atoms with Gasteiger partial charge in [-0.15, -0.1) is 0 Å². The number of hydrogen-bond donors (Lipinski definition) is 2. The van der Waals surface area contributed by atoms with Gasteiger partial charge in [0, 0.05) is 19.1 Å². The third-order valence-corrected chi connectivity index (χ3v) is 5.97. The maximum Gasteiger partial charge on any atom is 0.333 e. The summed E-state index contributed by atoms with van der Waals surface area (Å²) in [5.74, 6) is 0.224. The smallest absolute Gasteiger partial charge is 0.333 e. The van der Waals surface area contributed by atoms with Crippen molar-refractivity contribution in [2.45, 2.75) is 85.0 Å². The molecule has 0 radical (unpaired) electrons. The lowest BCUT2D eigenvalue weighted by molar-refractivity contribution is -0.150. The third kappa shape index (κ3) is 7.31. The summed E-state index contributed by atoms with van der Waals surface area (Å²) in [4.78, 5) is 23.8. The van der Waals surface area contributed by atoms with Gasteiger partial charge in [0.25, 0.3) is 5.91 Å². The van der Waals surface area contributed by atoms with Crippen molar-refractivity contribution in [1.29, 1.82) is 0 Å². The Morgan fingerprint density at radius 1 is 1.13 bits per heavy atom. The SMILES string of the molecule is CCOC(Cc1ccc(OC(C)C(=O)NC2CCC(C(C)(C)C)CC2)cc1)C(=O)O. The second-order valence-corrected chi connectivity index (χ2v) is 9.31. The molecule has 0 spiro atoms. The van der Waals surface area contributed by atoms with Gasteiger partial charge >= 0.3 is 5.97 Å². The van der Waals surface area contributed by atoms with Gasteiger partial charge in [-0.2, -0.15) is 0 Å². The molecule has 2 N–H and O–H groups in total. The van der Waals surface area contributed by atoms with E-state index in [0.717, 1.165) is 31.2 Å². The summed E-state index contributed by atoms with van der Waals surface area (Å²) in [5, 5.41) is 12.3. The Labute approximate surface area is 180 Å². The number of ether oxygens (including phenoxy) is 2. The maximum absolute atomic E-state index is 12.5. The number of carboxylic acid groups (broad SMARTS) is 1. The van der Waals surface area contributed by atoms with Crippen molar-refractivity contribution >= 4 is 11.9 Å². The minimum absolute atomic E-state index is 0.0967. The molecule has 6 nitrogen and oxygen atoms in total. The highest BCUT2D eigenvalue weighted by atomic mass is 16.5. The Balaban J connectivity index is 1.82. The van der Waals surface area contributed by atoms with Crippen LogP contribution in [0.1, 0.15) is 65.9 Å². The highest BCUT2D eigenvalue weighted by molar-refractivity contribution is 5.81. The van der Waals surface area contributed by atoms with Gasteiger partial charge < -0.3 is 19.9 Å². The number of benzene rings is 1. The molecular formula is C24H37NO5. The van der Waals surface area contributed by atoms with E-state index in [1.165, 1.54) is 0 Å². The van der Waals surface area contributed by atoms with Crippen LogP contribution in [0.15, 0.2) is 24.3 Å². The molecule has 0 saturated heterocycles. The second-order valence-electron chi connectivity index (χ2n) is 9.31. The second kappa shape index (κ2) is 10.8. The monoisotopic (exact) mass is 419 g/mol. The van der Waals surface area contributed by atoms with Crippen LogP contribution in [0.3, 0.4) is 0 Å². The van der Waals surface area contributed by atoms with Crippen LogP contribution >= 0.6 is 0 Å². The van der Waals surface area contributed by atoms with E-state index >= 15 is 0 Å². The fraction of sp³-hybridized carbons (Fsp3) is 0.667. The first kappa shape index (κ1) is 24.2. The number of amides is 1. The predicted molar refractivity (Wildman–Crippen MR) is 117 cm³/mol. The quantitative estimate of drug-likeness (QED) is 0.626. The van der Waals surface area contributed by atoms with Crippen molar-refractivity contribution in [3.05, 3.63) is 29.8 Å². The predicted octanol–water partition coefficient (Wildman–Crippen LogP) is 4.21. The Bertz CT molecular complexity index is 687. The zero-order valence-electron chi connectivity index (χ0n) is 18.9. The van der Waals surface area contributed by atoms with Gasteiger partial charge in [-0.1, -0.05) is 32.9 Å². The number of rotatable bonds is 9. The molecule has 0 bridgehead atoms. The van der Waals surface area contributed by atoms with Crippen LogP contribution < -0.4 is 10.1 Å². The topological polar surface area (TPSA) is 84.9 Å². The highest BCUT2D eigenvalue weighted by Crippen LogP contribution is 2.37. The molecule has 1 amide bonds. The van der Waals surface area contributed by atoms with Crippen LogP contribution in [0, 0.1) is 11.3 Å². The van der Waals surface area contributed by atoms with Crippen LogP contribution in [0.2, 0.25) is 0 Å². The van der Waals surface area contributed by atoms with Crippen molar-refractivity contribution < 1.29 is 24.2 Å². The lowest BCUT2D eigenvalue weighted by Gasteiger charge is -2.37. The van der Waals surface area contributed by atoms with E-state index in [1.54, 1.807) is 26.0 Å². The molecule has 30 heavy (non-hydrogen) atoms. The first-order chi connectivity index (χ1) is 14.1. The molecule has 1 aliphatic carbocycles. The summed E-state index contributed by atoms with van der Waals surface area (Å²) in [6.07, 6.45) is 3.15. The molecular weight excluding hydrogens is 382 g/mol. The van der Waals surface area contributed by atoms with Gasteiger partial charge in [0.1, 0.15) is 5.75 Å². The van der Waals surface area contributed by atoms with E-state index < -0.39 is 18.2 Å². The van der Waals surface area contributed by atoms with Gasteiger partial charge in [0.2, 0.25) is 0 Å². The van der Waals surface area contributed by atoms with Crippen LogP contribution in [-0.2, 0) is 20.7 Å². The first-order valence-electron chi connectivity index (χ1n) is 11.0. The van der Waals surface area contributed by atoms with Crippen molar-refractivity contribution in [2.24, 2.45) is 11.3 Å². The number of carbonyl (C=O) groups is 2. The van der Waals surface area contributed by atoms with Gasteiger partial charge in [0.15, 0.2) is 12.2 Å². The minimum Gasteiger partial charge on any atom is -0.481 e. The van der Waals surface area contributed by atoms with Gasteiger partial charge in [0.05, 0.1) is 0 Å². The molecule has 1 fully saturated rings. The van der Waals surface area contributed by atoms with E-state index in [1.807, 2.05) is 12.1 Å². The normalized spacial score (nSPS) is 21.5. The molecule has 1 aromatic carbocycles. The van der Waals surface area contributed by atoms with Crippen molar-refractivity contribution in [3.63, 3.8) is 0 Å². The zero-order chi connectivity index (χ0) is 22.3. The number of carbonyl (C=O) groups excluding carboxylic acids is 1. The van der Waals surface area contributed by atoms with E-state index in [4.69, 9.17) is 9.47 Å². The van der Waals surface area contributed by atoms with E-state index in [-0.39, 0.29) is 18.4 Å². The van der Waals surface area contributed by atoms with E-state index in [9.17, 15) is 14.7 Å². The average Bonchev–Trinajstić information content (AvgIpc) is 2.68. The molecule has 0 heterocycles. The molecule has 168 valence electrons. The van der Waals surface area contributed by atoms with Crippen molar-refractivity contribution in [3.8, 4) is 5.75 Å². The molecule has 2 atom stereocenters. The summed E-state index contributed by atoms with van der Waals surface area (Å²) >= 11 is 0. The van der Waals surface area contributed by atoms with Crippen LogP contribution in [0.25, 0.3) is 0 Å². The Morgan fingerprint density at radius 2 is 1.73 bits per heavy atom. The summed E-state index contributed by atoms with van der Waals surface area (Å²) in [6.45, 7) is 10.7. The van der Waals surface area contributed by atoms with Crippen LogP contribution in [0.4, 0.5) is 0 Å². The minimum atomic E-state index is -0.973. The molecule has 1 aliphatic rings. The molecule has 1 aromatic rings. The number of carboxylic acids is 1. The largest absolute Gasteiger partial charge is 0.481 e. The zero-order valence-corrected chi connectivity index (χ0v) is 18.9. The highest BCUT2D eigenvalue weighted by Gasteiger charge is 2.31. The molecule has 2 rings (SSSR count). The molecule has 0 aliphatic heterocycles. The number of hydrogen-bond acceptors (Lipinski definition) is 4. The Kier molecular flexibility index (Phi) is 8.71. The van der Waals surface area contributed by atoms with Gasteiger partial charge in [-0.05, 0) is 68.6 Å². The maximum atomic E-state index is 12.5. The van der Waals surface area contributed by atoms with E-state index in [2.05, 4.69) is 26.1 Å². The lowest BCUT2D eigenvalue weighted by Crippen LogP contribution is -2.44. The van der Waals surface area contributed by atoms with Gasteiger partial charge in [-0.25, -0.2) is 4.79 Å². The third-order valence-electron chi connectivity index (χ3n) is 5.97. The van der Waals surface area contributed by atoms with Crippen LogP contribution in [0.5, 0.6) is 5.75 Å². The number of aliphatic carboxylic acids is 1. The summed E-state index contributed by atoms with van der Waals surface area (Å²) < 4.78 is 11.0. The fourth-order valence-electron chi connectivity index (χ4n) is 4.02. The molecule has 0 aromatic heterocycles. The van der Waals surface area contributed by atoms with E-state index in [0.29, 0.717) is 23.7 Å². The molecule has 6 heteroatoms. The van der Waals surface area contributed by atoms with Crippen molar-refractivity contribution in [2.75, 3.05) is 6.61 Å². The standard InChI is InChI=1S/C24H37NO5/c1-6-29-21(23(27)28)15-17-7-13-20(14-8-17)30-16(2)22(26)25-19-11-9-18(10-12-19)24(3,4)5/h7-8,13-14,16,18-19,21H,6,9-12,15H2,1-5H3,(H,25,26)(H,27,28). The number of nitrogens with one attached hydrogen (secondary N) is 1. The van der Waals surface area contributed by atoms with Crippen molar-refractivity contribution in [1.82, 2.24) is 5.32 Å². The summed E-state index contributed by atoms with van der Waals surface area (Å²) in [6, 6.07) is 7.36. The Hall–Kier alpha value is -2.08.